The van der Waals surface area contributed by atoms with Gasteiger partial charge in [0.05, 0.1) is 5.56 Å². The molecule has 38 heavy (non-hydrogen) atoms. The van der Waals surface area contributed by atoms with E-state index in [-0.39, 0.29) is 13.1 Å². The second-order valence-electron chi connectivity index (χ2n) is 9.12. The summed E-state index contributed by atoms with van der Waals surface area (Å²) in [6.45, 7) is 2.01. The molecule has 3 aromatic rings. The Hall–Kier alpha value is -4.05. The Balaban J connectivity index is 1.70. The number of hydrogen-bond acceptors (Lipinski definition) is 2. The molecule has 3 aromatic carbocycles. The summed E-state index contributed by atoms with van der Waals surface area (Å²) < 4.78 is 38.5. The molecule has 0 heterocycles. The molecular formula is C31H30F3NO3. The second kappa shape index (κ2) is 13.5. The van der Waals surface area contributed by atoms with Crippen molar-refractivity contribution in [3.63, 3.8) is 0 Å². The largest absolute Gasteiger partial charge is 0.474 e. The summed E-state index contributed by atoms with van der Waals surface area (Å²) in [5.74, 6) is 3.45. The first-order valence-corrected chi connectivity index (χ1v) is 12.5. The number of carboxylic acids is 1. The Kier molecular flexibility index (Phi) is 10.1. The molecule has 0 bridgehead atoms. The molecule has 1 N–H and O–H groups in total. The molecule has 0 fully saturated rings. The van der Waals surface area contributed by atoms with Crippen LogP contribution in [0.1, 0.15) is 66.0 Å². The van der Waals surface area contributed by atoms with Gasteiger partial charge in [-0.15, -0.1) is 0 Å². The summed E-state index contributed by atoms with van der Waals surface area (Å²) in [5, 5.41) is 9.25. The van der Waals surface area contributed by atoms with Crippen LogP contribution in [0.3, 0.4) is 0 Å². The van der Waals surface area contributed by atoms with Crippen molar-refractivity contribution in [3.8, 4) is 11.8 Å². The maximum absolute atomic E-state index is 12.8. The summed E-state index contributed by atoms with van der Waals surface area (Å²) in [6.07, 6.45) is 1.43. The second-order valence-corrected chi connectivity index (χ2v) is 9.12. The number of carboxylic acid groups (broad SMARTS) is 1. The van der Waals surface area contributed by atoms with Crippen LogP contribution in [0.5, 0.6) is 0 Å². The lowest BCUT2D eigenvalue weighted by molar-refractivity contribution is -0.156. The van der Waals surface area contributed by atoms with E-state index < -0.39 is 23.6 Å². The molecule has 198 valence electrons. The Morgan fingerprint density at radius 1 is 0.789 bits per heavy atom. The molecule has 0 unspecified atom stereocenters. The van der Waals surface area contributed by atoms with E-state index in [4.69, 9.17) is 0 Å². The van der Waals surface area contributed by atoms with Gasteiger partial charge in [-0.25, -0.2) is 4.79 Å². The molecule has 0 aromatic heterocycles. The Morgan fingerprint density at radius 2 is 1.42 bits per heavy atom. The molecule has 0 aliphatic carbocycles. The number of carbonyl (C=O) groups is 2. The minimum atomic E-state index is -4.48. The van der Waals surface area contributed by atoms with Gasteiger partial charge in [0, 0.05) is 24.2 Å². The number of carbonyl (C=O) groups excluding carboxylic acids is 1. The van der Waals surface area contributed by atoms with E-state index in [9.17, 15) is 27.9 Å². The van der Waals surface area contributed by atoms with Gasteiger partial charge in [0.25, 0.3) is 0 Å². The highest BCUT2D eigenvalue weighted by Gasteiger charge is 2.30. The lowest BCUT2D eigenvalue weighted by Gasteiger charge is -2.21. The number of alkyl halides is 3. The van der Waals surface area contributed by atoms with Crippen LogP contribution in [-0.2, 0) is 35.3 Å². The van der Waals surface area contributed by atoms with Gasteiger partial charge in [-0.3, -0.25) is 4.79 Å². The van der Waals surface area contributed by atoms with Crippen molar-refractivity contribution >= 4 is 11.9 Å². The maximum Gasteiger partial charge on any atom is 0.416 e. The lowest BCUT2D eigenvalue weighted by atomic mass is 10.0. The molecule has 3 rings (SSSR count). The van der Waals surface area contributed by atoms with Crippen molar-refractivity contribution in [3.05, 3.63) is 106 Å². The summed E-state index contributed by atoms with van der Waals surface area (Å²) in [5.41, 5.74) is 3.08. The van der Waals surface area contributed by atoms with Gasteiger partial charge < -0.3 is 10.0 Å². The van der Waals surface area contributed by atoms with Crippen molar-refractivity contribution < 1.29 is 27.9 Å². The monoisotopic (exact) mass is 521 g/mol. The average Bonchev–Trinajstić information content (AvgIpc) is 2.90. The number of aryl methyl sites for hydroxylation is 1. The Labute approximate surface area is 221 Å². The third kappa shape index (κ3) is 8.81. The van der Waals surface area contributed by atoms with Crippen LogP contribution in [0.15, 0.2) is 72.8 Å². The molecule has 0 radical (unpaired) electrons. The predicted octanol–water partition coefficient (Wildman–Crippen LogP) is 6.84. The first-order valence-electron chi connectivity index (χ1n) is 12.5. The Morgan fingerprint density at radius 3 is 2.05 bits per heavy atom. The van der Waals surface area contributed by atoms with Gasteiger partial charge in [0.15, 0.2) is 0 Å². The molecule has 0 saturated heterocycles. The summed E-state index contributed by atoms with van der Waals surface area (Å²) >= 11 is 0. The number of unbranched alkanes of at least 4 members (excludes halogenated alkanes) is 3. The first kappa shape index (κ1) is 28.5. The van der Waals surface area contributed by atoms with Crippen LogP contribution in [0.2, 0.25) is 0 Å². The van der Waals surface area contributed by atoms with Crippen LogP contribution in [0, 0.1) is 11.8 Å². The van der Waals surface area contributed by atoms with Crippen molar-refractivity contribution in [2.75, 3.05) is 0 Å². The molecule has 0 aliphatic heterocycles. The Bertz CT molecular complexity index is 1290. The van der Waals surface area contributed by atoms with Gasteiger partial charge in [-0.2, -0.15) is 13.2 Å². The van der Waals surface area contributed by atoms with E-state index in [1.54, 1.807) is 18.2 Å². The van der Waals surface area contributed by atoms with Gasteiger partial charge in [-0.1, -0.05) is 74.4 Å². The molecule has 1 amide bonds. The van der Waals surface area contributed by atoms with Crippen LogP contribution in [0.25, 0.3) is 0 Å². The SMILES string of the molecule is CCCCCCc1ccc(C#Cc2cccc(CN(Cc3ccc(C(F)(F)F)cc3)C(=O)C(=O)O)c2)cc1. The van der Waals surface area contributed by atoms with E-state index >= 15 is 0 Å². The van der Waals surface area contributed by atoms with Crippen LogP contribution in [-0.4, -0.2) is 21.9 Å². The van der Waals surface area contributed by atoms with E-state index in [1.165, 1.54) is 43.4 Å². The van der Waals surface area contributed by atoms with E-state index in [2.05, 4.69) is 30.9 Å². The number of benzene rings is 3. The van der Waals surface area contributed by atoms with Crippen LogP contribution >= 0.6 is 0 Å². The lowest BCUT2D eigenvalue weighted by Crippen LogP contribution is -2.35. The number of amides is 1. The minimum Gasteiger partial charge on any atom is -0.474 e. The number of hydrogen-bond donors (Lipinski definition) is 1. The number of rotatable bonds is 9. The smallest absolute Gasteiger partial charge is 0.416 e. The number of nitrogens with zero attached hydrogens (tertiary/aromatic N) is 1. The highest BCUT2D eigenvalue weighted by atomic mass is 19.4. The van der Waals surface area contributed by atoms with Crippen molar-refractivity contribution in [1.82, 2.24) is 4.90 Å². The molecule has 4 nitrogen and oxygen atoms in total. The highest BCUT2D eigenvalue weighted by molar-refractivity contribution is 6.31. The zero-order valence-corrected chi connectivity index (χ0v) is 21.2. The fraction of sp³-hybridized carbons (Fsp3) is 0.290. The topological polar surface area (TPSA) is 57.6 Å². The van der Waals surface area contributed by atoms with E-state index in [1.807, 2.05) is 18.2 Å². The van der Waals surface area contributed by atoms with Crippen LogP contribution < -0.4 is 0 Å². The van der Waals surface area contributed by atoms with E-state index in [0.29, 0.717) is 16.7 Å². The fourth-order valence-corrected chi connectivity index (χ4v) is 3.98. The van der Waals surface area contributed by atoms with E-state index in [0.717, 1.165) is 29.0 Å². The highest BCUT2D eigenvalue weighted by Crippen LogP contribution is 2.29. The molecule has 7 heteroatoms. The quantitative estimate of drug-likeness (QED) is 0.191. The van der Waals surface area contributed by atoms with Crippen LogP contribution in [0.4, 0.5) is 13.2 Å². The van der Waals surface area contributed by atoms with Crippen molar-refractivity contribution in [1.29, 1.82) is 0 Å². The zero-order valence-electron chi connectivity index (χ0n) is 21.2. The normalized spacial score (nSPS) is 10.9. The maximum atomic E-state index is 12.8. The first-order chi connectivity index (χ1) is 18.2. The van der Waals surface area contributed by atoms with Gasteiger partial charge in [0.1, 0.15) is 0 Å². The summed E-state index contributed by atoms with van der Waals surface area (Å²) in [4.78, 5) is 24.8. The fourth-order valence-electron chi connectivity index (χ4n) is 3.98. The molecule has 0 saturated carbocycles. The standard InChI is InChI=1S/C31H30F3NO3/c1-2-3-4-5-7-23-10-12-24(13-11-23)14-15-25-8-6-9-27(20-25)22-35(29(36)30(37)38)21-26-16-18-28(19-17-26)31(32,33)34/h6,8-13,16-20H,2-5,7,21-22H2,1H3,(H,37,38). The summed E-state index contributed by atoms with van der Waals surface area (Å²) in [6, 6.07) is 19.5. The van der Waals surface area contributed by atoms with Crippen molar-refractivity contribution in [2.24, 2.45) is 0 Å². The molecule has 0 atom stereocenters. The average molecular weight is 522 g/mol. The van der Waals surface area contributed by atoms with Gasteiger partial charge in [0.2, 0.25) is 0 Å². The zero-order chi connectivity index (χ0) is 27.5. The molecular weight excluding hydrogens is 491 g/mol. The third-order valence-electron chi connectivity index (χ3n) is 6.05. The molecule has 0 aliphatic rings. The van der Waals surface area contributed by atoms with Crippen molar-refractivity contribution in [2.45, 2.75) is 58.3 Å². The predicted molar refractivity (Wildman–Crippen MR) is 140 cm³/mol. The summed E-state index contributed by atoms with van der Waals surface area (Å²) in [7, 11) is 0. The van der Waals surface area contributed by atoms with Gasteiger partial charge >= 0.3 is 18.1 Å². The minimum absolute atomic E-state index is 0.0333. The third-order valence-corrected chi connectivity index (χ3v) is 6.05. The number of halogens is 3. The molecule has 0 spiro atoms. The van der Waals surface area contributed by atoms with Gasteiger partial charge in [-0.05, 0) is 65.9 Å². The number of aliphatic carboxylic acids is 1.